The fraction of sp³-hybridized carbons (Fsp3) is 0.643. The van der Waals surface area contributed by atoms with E-state index < -0.39 is 6.10 Å². The van der Waals surface area contributed by atoms with Crippen molar-refractivity contribution < 1.29 is 9.90 Å². The van der Waals surface area contributed by atoms with Gasteiger partial charge in [-0.25, -0.2) is 0 Å². The zero-order chi connectivity index (χ0) is 14.7. The summed E-state index contributed by atoms with van der Waals surface area (Å²) in [5.74, 6) is 0.653. The molecule has 114 valence electrons. The number of nitrogens with zero attached hydrogens (tertiary/aromatic N) is 3. The van der Waals surface area contributed by atoms with Gasteiger partial charge in [0.25, 0.3) is 5.91 Å². The van der Waals surface area contributed by atoms with Crippen LogP contribution in [-0.2, 0) is 0 Å². The first-order chi connectivity index (χ1) is 10.2. The molecule has 2 saturated heterocycles. The molecule has 0 saturated carbocycles. The van der Waals surface area contributed by atoms with Crippen molar-refractivity contribution in [1.82, 2.24) is 20.8 Å². The summed E-state index contributed by atoms with van der Waals surface area (Å²) in [5, 5.41) is 23.7. The maximum absolute atomic E-state index is 12.0. The van der Waals surface area contributed by atoms with Gasteiger partial charge < -0.3 is 20.6 Å². The van der Waals surface area contributed by atoms with Crippen LogP contribution >= 0.6 is 0 Å². The highest BCUT2D eigenvalue weighted by atomic mass is 16.3. The second-order valence-electron chi connectivity index (χ2n) is 5.67. The summed E-state index contributed by atoms with van der Waals surface area (Å²) >= 11 is 0. The van der Waals surface area contributed by atoms with Crippen molar-refractivity contribution >= 4 is 11.7 Å². The van der Waals surface area contributed by atoms with Gasteiger partial charge in [-0.05, 0) is 25.0 Å². The van der Waals surface area contributed by atoms with Crippen molar-refractivity contribution in [2.45, 2.75) is 18.9 Å². The normalized spacial score (nSPS) is 25.3. The Labute approximate surface area is 123 Å². The second kappa shape index (κ2) is 6.36. The van der Waals surface area contributed by atoms with Crippen molar-refractivity contribution in [3.8, 4) is 0 Å². The van der Waals surface area contributed by atoms with Crippen molar-refractivity contribution in [2.75, 3.05) is 37.6 Å². The summed E-state index contributed by atoms with van der Waals surface area (Å²) in [6.07, 6.45) is 1.97. The minimum Gasteiger partial charge on any atom is -0.391 e. The largest absolute Gasteiger partial charge is 0.391 e. The van der Waals surface area contributed by atoms with Gasteiger partial charge in [0.05, 0.1) is 6.10 Å². The van der Waals surface area contributed by atoms with Gasteiger partial charge in [0, 0.05) is 38.6 Å². The van der Waals surface area contributed by atoms with Crippen LogP contribution < -0.4 is 15.5 Å². The number of aliphatic hydroxyl groups excluding tert-OH is 1. The monoisotopic (exact) mass is 291 g/mol. The lowest BCUT2D eigenvalue weighted by atomic mass is 10.1. The number of amides is 1. The van der Waals surface area contributed by atoms with E-state index in [2.05, 4.69) is 25.7 Å². The van der Waals surface area contributed by atoms with Gasteiger partial charge in [0.1, 0.15) is 0 Å². The molecule has 3 heterocycles. The molecule has 0 radical (unpaired) electrons. The van der Waals surface area contributed by atoms with Crippen molar-refractivity contribution in [3.63, 3.8) is 0 Å². The van der Waals surface area contributed by atoms with Gasteiger partial charge in [-0.15, -0.1) is 10.2 Å². The molecular weight excluding hydrogens is 270 g/mol. The van der Waals surface area contributed by atoms with E-state index in [4.69, 9.17) is 0 Å². The topological polar surface area (TPSA) is 90.4 Å². The summed E-state index contributed by atoms with van der Waals surface area (Å²) in [6, 6.07) is 3.55. The first kappa shape index (κ1) is 14.2. The lowest BCUT2D eigenvalue weighted by Gasteiger charge is -2.16. The Kier molecular flexibility index (Phi) is 4.31. The first-order valence-electron chi connectivity index (χ1n) is 7.50. The van der Waals surface area contributed by atoms with E-state index >= 15 is 0 Å². The van der Waals surface area contributed by atoms with E-state index in [9.17, 15) is 9.90 Å². The minimum atomic E-state index is -0.395. The molecule has 2 aliphatic heterocycles. The average Bonchev–Trinajstić information content (AvgIpc) is 3.17. The van der Waals surface area contributed by atoms with Crippen LogP contribution in [0.25, 0.3) is 0 Å². The second-order valence-corrected chi connectivity index (χ2v) is 5.67. The molecule has 0 aliphatic carbocycles. The highest BCUT2D eigenvalue weighted by Crippen LogP contribution is 2.16. The average molecular weight is 291 g/mol. The molecule has 3 rings (SSSR count). The number of aliphatic hydroxyl groups is 1. The number of aromatic nitrogens is 2. The summed E-state index contributed by atoms with van der Waals surface area (Å²) in [7, 11) is 0. The highest BCUT2D eigenvalue weighted by molar-refractivity contribution is 5.92. The minimum absolute atomic E-state index is 0.0609. The Bertz CT molecular complexity index is 487. The molecule has 0 spiro atoms. The fourth-order valence-electron chi connectivity index (χ4n) is 2.80. The van der Waals surface area contributed by atoms with Gasteiger partial charge in [0.15, 0.2) is 11.5 Å². The van der Waals surface area contributed by atoms with Crippen molar-refractivity contribution in [3.05, 3.63) is 17.8 Å². The predicted octanol–water partition coefficient (Wildman–Crippen LogP) is -0.613. The Balaban J connectivity index is 1.54. The molecular formula is C14H21N5O2. The molecule has 3 N–H and O–H groups in total. The Hall–Kier alpha value is -1.73. The smallest absolute Gasteiger partial charge is 0.271 e. The molecule has 2 unspecified atom stereocenters. The summed E-state index contributed by atoms with van der Waals surface area (Å²) in [6.45, 7) is 3.77. The van der Waals surface area contributed by atoms with Crippen LogP contribution in [0.1, 0.15) is 23.3 Å². The molecule has 0 aromatic carbocycles. The van der Waals surface area contributed by atoms with Crippen LogP contribution in [0.2, 0.25) is 0 Å². The number of carbonyl (C=O) groups excluding carboxylic acids is 1. The first-order valence-corrected chi connectivity index (χ1v) is 7.50. The van der Waals surface area contributed by atoms with E-state index in [1.807, 2.05) is 6.07 Å². The molecule has 21 heavy (non-hydrogen) atoms. The van der Waals surface area contributed by atoms with Crippen molar-refractivity contribution in [1.29, 1.82) is 0 Å². The number of nitrogens with one attached hydrogen (secondary N) is 2. The Morgan fingerprint density at radius 1 is 1.33 bits per heavy atom. The Morgan fingerprint density at radius 3 is 2.76 bits per heavy atom. The van der Waals surface area contributed by atoms with E-state index in [1.165, 1.54) is 12.8 Å². The SMILES string of the molecule is O=C(NCC1CNCC1O)c1ccc(N2CCCC2)nn1. The predicted molar refractivity (Wildman–Crippen MR) is 78.2 cm³/mol. The zero-order valence-corrected chi connectivity index (χ0v) is 12.0. The molecule has 7 heteroatoms. The van der Waals surface area contributed by atoms with Gasteiger partial charge in [-0.2, -0.15) is 0 Å². The van der Waals surface area contributed by atoms with Crippen LogP contribution in [0.4, 0.5) is 5.82 Å². The molecule has 2 fully saturated rings. The standard InChI is InChI=1S/C14H21N5O2/c20-12-9-15-7-10(12)8-16-14(21)11-3-4-13(18-17-11)19-5-1-2-6-19/h3-4,10,12,15,20H,1-2,5-9H2,(H,16,21). The summed E-state index contributed by atoms with van der Waals surface area (Å²) < 4.78 is 0. The van der Waals surface area contributed by atoms with Crippen LogP contribution in [0.3, 0.4) is 0 Å². The maximum Gasteiger partial charge on any atom is 0.271 e. The molecule has 2 aliphatic rings. The molecule has 2 atom stereocenters. The van der Waals surface area contributed by atoms with E-state index in [1.54, 1.807) is 6.07 Å². The quantitative estimate of drug-likeness (QED) is 0.685. The Morgan fingerprint density at radius 2 is 2.14 bits per heavy atom. The fourth-order valence-corrected chi connectivity index (χ4v) is 2.80. The van der Waals surface area contributed by atoms with Gasteiger partial charge in [-0.3, -0.25) is 4.79 Å². The third-order valence-electron chi connectivity index (χ3n) is 4.14. The third-order valence-corrected chi connectivity index (χ3v) is 4.14. The summed E-state index contributed by atoms with van der Waals surface area (Å²) in [5.41, 5.74) is 0.318. The molecule has 1 aromatic rings. The molecule has 0 bridgehead atoms. The van der Waals surface area contributed by atoms with Gasteiger partial charge >= 0.3 is 0 Å². The molecule has 1 aromatic heterocycles. The zero-order valence-electron chi connectivity index (χ0n) is 12.0. The van der Waals surface area contributed by atoms with Crippen LogP contribution in [0.15, 0.2) is 12.1 Å². The van der Waals surface area contributed by atoms with E-state index in [0.29, 0.717) is 18.8 Å². The molecule has 7 nitrogen and oxygen atoms in total. The maximum atomic E-state index is 12.0. The number of rotatable bonds is 4. The van der Waals surface area contributed by atoms with E-state index in [-0.39, 0.29) is 11.8 Å². The van der Waals surface area contributed by atoms with Crippen molar-refractivity contribution in [2.24, 2.45) is 5.92 Å². The van der Waals surface area contributed by atoms with Crippen LogP contribution in [0.5, 0.6) is 0 Å². The van der Waals surface area contributed by atoms with E-state index in [0.717, 1.165) is 25.5 Å². The third kappa shape index (κ3) is 3.30. The van der Waals surface area contributed by atoms with Gasteiger partial charge in [-0.1, -0.05) is 0 Å². The number of β-amino-alcohol motifs (C(OH)–C–C–N with tert-alkyl or cyclic N) is 1. The van der Waals surface area contributed by atoms with Gasteiger partial charge in [0.2, 0.25) is 0 Å². The summed E-state index contributed by atoms with van der Waals surface area (Å²) in [4.78, 5) is 14.2. The lowest BCUT2D eigenvalue weighted by Crippen LogP contribution is -2.34. The van der Waals surface area contributed by atoms with Crippen LogP contribution in [-0.4, -0.2) is 60.0 Å². The number of carbonyl (C=O) groups is 1. The lowest BCUT2D eigenvalue weighted by molar-refractivity contribution is 0.0921. The number of anilines is 1. The highest BCUT2D eigenvalue weighted by Gasteiger charge is 2.25. The number of hydrogen-bond donors (Lipinski definition) is 3. The van der Waals surface area contributed by atoms with Crippen LogP contribution in [0, 0.1) is 5.92 Å². The molecule has 1 amide bonds. The number of hydrogen-bond acceptors (Lipinski definition) is 6.